The van der Waals surface area contributed by atoms with Crippen molar-refractivity contribution >= 4 is 49.1 Å². The van der Waals surface area contributed by atoms with Gasteiger partial charge >= 0.3 is 127 Å². The zero-order valence-corrected chi connectivity index (χ0v) is 19.7. The minimum atomic E-state index is -1.98. The molecule has 28 heavy (non-hydrogen) atoms. The fourth-order valence-corrected chi connectivity index (χ4v) is 10.0. The molecule has 0 aliphatic heterocycles. The second kappa shape index (κ2) is 12.5. The molecule has 0 aliphatic carbocycles. The summed E-state index contributed by atoms with van der Waals surface area (Å²) in [6.45, 7) is 5.31. The predicted octanol–water partition coefficient (Wildman–Crippen LogP) is 2.86. The molecule has 4 heteroatoms. The molecule has 0 saturated carbocycles. The second-order valence-corrected chi connectivity index (χ2v) is 13.6. The van der Waals surface area contributed by atoms with E-state index in [1.165, 1.54) is 10.7 Å². The van der Waals surface area contributed by atoms with Crippen LogP contribution in [0.2, 0.25) is 0 Å². The number of benzene rings is 3. The Morgan fingerprint density at radius 2 is 1.18 bits per heavy atom. The van der Waals surface area contributed by atoms with Crippen LogP contribution in [0.1, 0.15) is 6.92 Å². The number of rotatable bonds is 6. The van der Waals surface area contributed by atoms with E-state index in [0.29, 0.717) is 17.9 Å². The van der Waals surface area contributed by atoms with Gasteiger partial charge in [-0.15, -0.1) is 5.75 Å². The summed E-state index contributed by atoms with van der Waals surface area (Å²) in [5.74, 6) is 0.0822. The van der Waals surface area contributed by atoms with Gasteiger partial charge in [0.15, 0.2) is 0 Å². The van der Waals surface area contributed by atoms with Gasteiger partial charge in [0, 0.05) is 5.57 Å². The Morgan fingerprint density at radius 1 is 0.821 bits per heavy atom. The molecule has 142 valence electrons. The number of carbonyl (C=O) groups excluding carboxylic acids is 1. The van der Waals surface area contributed by atoms with E-state index in [0.717, 1.165) is 0 Å². The number of esters is 1. The minimum absolute atomic E-state index is 0.307. The van der Waals surface area contributed by atoms with Crippen LogP contribution in [-0.4, -0.2) is 38.1 Å². The van der Waals surface area contributed by atoms with Crippen LogP contribution in [0, 0.1) is 0 Å². The molecule has 0 heterocycles. The van der Waals surface area contributed by atoms with Crippen molar-refractivity contribution in [3.05, 3.63) is 103 Å². The van der Waals surface area contributed by atoms with Gasteiger partial charge in [0.05, 0.1) is 6.61 Å². The van der Waals surface area contributed by atoms with Gasteiger partial charge in [-0.1, -0.05) is 6.58 Å². The fraction of sp³-hybridized carbons (Fsp3) is 0.125. The third kappa shape index (κ3) is 7.21. The van der Waals surface area contributed by atoms with Gasteiger partial charge in [-0.2, -0.15) is 0 Å². The van der Waals surface area contributed by atoms with Crippen LogP contribution in [0.15, 0.2) is 103 Å². The van der Waals surface area contributed by atoms with Gasteiger partial charge in [0.25, 0.3) is 0 Å². The van der Waals surface area contributed by atoms with E-state index >= 15 is 0 Å². The molecule has 0 N–H and O–H groups in total. The van der Waals surface area contributed by atoms with Gasteiger partial charge < -0.3 is 17.4 Å². The van der Waals surface area contributed by atoms with Crippen molar-refractivity contribution in [3.8, 4) is 0 Å². The Hall–Kier alpha value is -1.98. The first-order valence-corrected chi connectivity index (χ1v) is 13.9. The summed E-state index contributed by atoms with van der Waals surface area (Å²) >= 11 is 2.57. The molecular weight excluding hydrogens is 471 g/mol. The molecule has 0 unspecified atom stereocenters. The molecule has 0 amide bonds. The molecule has 3 aromatic rings. The summed E-state index contributed by atoms with van der Waals surface area (Å²) in [6, 6.07) is 32.9. The first kappa shape index (κ1) is 22.3. The van der Waals surface area contributed by atoms with Crippen LogP contribution in [0.25, 0.3) is 0 Å². The van der Waals surface area contributed by atoms with E-state index in [2.05, 4.69) is 115 Å². The Labute approximate surface area is 180 Å². The zero-order valence-electron chi connectivity index (χ0n) is 16.0. The summed E-state index contributed by atoms with van der Waals surface area (Å²) in [6.07, 6.45) is 0. The van der Waals surface area contributed by atoms with Crippen LogP contribution in [0.5, 0.6) is 0 Å². The maximum absolute atomic E-state index is 10.5. The van der Waals surface area contributed by atoms with Crippen molar-refractivity contribution in [1.29, 1.82) is 0 Å². The summed E-state index contributed by atoms with van der Waals surface area (Å²) < 4.78 is 9.20. The molecule has 3 aromatic carbocycles. The summed E-state index contributed by atoms with van der Waals surface area (Å²) in [7, 11) is 0. The van der Waals surface area contributed by atoms with E-state index < -0.39 is 19.8 Å². The molecule has 0 aliphatic rings. The van der Waals surface area contributed by atoms with Crippen LogP contribution in [0.4, 0.5) is 0 Å². The zero-order chi connectivity index (χ0) is 20.2. The average molecular weight is 495 g/mol. The SMILES string of the molecule is C=C(C)C(=O)OCC[S-].c1cc[c]([Sn+]([c]2ccccc2)[c]2ccccc2)cc1. The molecule has 2 nitrogen and oxygen atoms in total. The standard InChI is InChI=1S/C6H10O2S.3C6H5.Sn/c1-5(2)6(7)8-3-4-9;3*1-2-4-6-5-3-1;/h9H,1,3-4H2,2H3;3*1-5H;/q;;;;+1/p-1. The number of hydrogen-bond donors (Lipinski definition) is 0. The van der Waals surface area contributed by atoms with Gasteiger partial charge in [-0.3, -0.25) is 0 Å². The Kier molecular flexibility index (Phi) is 9.94. The van der Waals surface area contributed by atoms with E-state index in [1.54, 1.807) is 6.92 Å². The van der Waals surface area contributed by atoms with Crippen molar-refractivity contribution in [3.63, 3.8) is 0 Å². The molecule has 0 bridgehead atoms. The quantitative estimate of drug-likeness (QED) is 0.228. The van der Waals surface area contributed by atoms with Crippen LogP contribution >= 0.6 is 0 Å². The van der Waals surface area contributed by atoms with Gasteiger partial charge in [-0.05, 0) is 6.92 Å². The molecule has 0 saturated heterocycles. The Balaban J connectivity index is 0.000000266. The average Bonchev–Trinajstić information content (AvgIpc) is 2.75. The van der Waals surface area contributed by atoms with Crippen molar-refractivity contribution in [1.82, 2.24) is 0 Å². The van der Waals surface area contributed by atoms with E-state index in [1.807, 2.05) is 0 Å². The first-order valence-electron chi connectivity index (χ1n) is 9.07. The third-order valence-electron chi connectivity index (χ3n) is 3.85. The van der Waals surface area contributed by atoms with E-state index in [-0.39, 0.29) is 5.97 Å². The molecule has 0 radical (unpaired) electrons. The monoisotopic (exact) mass is 496 g/mol. The molecule has 3 rings (SSSR count). The second-order valence-electron chi connectivity index (χ2n) is 6.09. The van der Waals surface area contributed by atoms with Crippen molar-refractivity contribution in [2.75, 3.05) is 12.4 Å². The van der Waals surface area contributed by atoms with Crippen LogP contribution in [0.3, 0.4) is 0 Å². The topological polar surface area (TPSA) is 26.3 Å². The molecular formula is C24H24O2SSn. The molecule has 0 atom stereocenters. The Bertz CT molecular complexity index is 758. The van der Waals surface area contributed by atoms with Crippen molar-refractivity contribution in [2.24, 2.45) is 0 Å². The van der Waals surface area contributed by atoms with Gasteiger partial charge in [0.2, 0.25) is 0 Å². The summed E-state index contributed by atoms with van der Waals surface area (Å²) in [5.41, 5.74) is 0.415. The Morgan fingerprint density at radius 3 is 1.46 bits per heavy atom. The summed E-state index contributed by atoms with van der Waals surface area (Å²) in [5, 5.41) is 0. The van der Waals surface area contributed by atoms with Crippen molar-refractivity contribution < 1.29 is 9.53 Å². The number of ether oxygens (including phenoxy) is 1. The van der Waals surface area contributed by atoms with Crippen molar-refractivity contribution in [2.45, 2.75) is 6.92 Å². The maximum atomic E-state index is 10.5. The number of carbonyl (C=O) groups is 1. The molecule has 0 spiro atoms. The predicted molar refractivity (Wildman–Crippen MR) is 122 cm³/mol. The summed E-state index contributed by atoms with van der Waals surface area (Å²) in [4.78, 5) is 10.5. The fourth-order valence-electron chi connectivity index (χ4n) is 2.57. The molecule has 0 fully saturated rings. The normalized spacial score (nSPS) is 9.64. The van der Waals surface area contributed by atoms with Gasteiger partial charge in [0.1, 0.15) is 0 Å². The van der Waals surface area contributed by atoms with E-state index in [9.17, 15) is 4.79 Å². The molecule has 0 aromatic heterocycles. The third-order valence-corrected chi connectivity index (χ3v) is 11.8. The van der Waals surface area contributed by atoms with Crippen LogP contribution < -0.4 is 10.7 Å². The van der Waals surface area contributed by atoms with Crippen LogP contribution in [-0.2, 0) is 22.2 Å². The van der Waals surface area contributed by atoms with Gasteiger partial charge in [-0.25, -0.2) is 4.79 Å². The van der Waals surface area contributed by atoms with E-state index in [4.69, 9.17) is 0 Å². The number of hydrogen-bond acceptors (Lipinski definition) is 3. The first-order chi connectivity index (χ1) is 13.6.